The highest BCUT2D eigenvalue weighted by molar-refractivity contribution is 5.70. The predicted molar refractivity (Wildman–Crippen MR) is 105 cm³/mol. The predicted octanol–water partition coefficient (Wildman–Crippen LogP) is 2.68. The first-order valence-corrected chi connectivity index (χ1v) is 8.58. The molecule has 4 N–H and O–H groups in total. The second-order valence-corrected chi connectivity index (χ2v) is 6.09. The summed E-state index contributed by atoms with van der Waals surface area (Å²) in [5.74, 6) is 1.88. The van der Waals surface area contributed by atoms with Gasteiger partial charge in [0.2, 0.25) is 0 Å². The minimum Gasteiger partial charge on any atom is -0.497 e. The summed E-state index contributed by atoms with van der Waals surface area (Å²) in [6.07, 6.45) is 1.59. The van der Waals surface area contributed by atoms with Crippen LogP contribution in [0.4, 0.5) is 5.82 Å². The van der Waals surface area contributed by atoms with Crippen molar-refractivity contribution in [3.63, 3.8) is 0 Å². The molecule has 0 fully saturated rings. The van der Waals surface area contributed by atoms with Gasteiger partial charge in [0.05, 0.1) is 25.6 Å². The number of anilines is 1. The van der Waals surface area contributed by atoms with E-state index in [1.54, 1.807) is 13.3 Å². The van der Waals surface area contributed by atoms with Crippen molar-refractivity contribution in [3.8, 4) is 39.9 Å². The van der Waals surface area contributed by atoms with Gasteiger partial charge in [-0.15, -0.1) is 0 Å². The zero-order chi connectivity index (χ0) is 19.5. The number of nitrogens with zero attached hydrogens (tertiary/aromatic N) is 4. The van der Waals surface area contributed by atoms with E-state index in [1.807, 2.05) is 48.5 Å². The Morgan fingerprint density at radius 2 is 1.89 bits per heavy atom. The van der Waals surface area contributed by atoms with E-state index < -0.39 is 0 Å². The van der Waals surface area contributed by atoms with Crippen LogP contribution in [-0.2, 0) is 6.61 Å². The molecule has 0 aliphatic carbocycles. The monoisotopic (exact) mass is 374 g/mol. The number of benzene rings is 2. The maximum absolute atomic E-state index is 9.35. The molecular formula is C20H18N6O2. The highest BCUT2D eigenvalue weighted by Gasteiger charge is 2.15. The molecule has 0 bridgehead atoms. The molecule has 0 unspecified atom stereocenters. The van der Waals surface area contributed by atoms with Crippen molar-refractivity contribution in [3.05, 3.63) is 60.3 Å². The normalized spacial score (nSPS) is 10.8. The lowest BCUT2D eigenvalue weighted by atomic mass is 10.1. The Kier molecular flexibility index (Phi) is 4.69. The fourth-order valence-corrected chi connectivity index (χ4v) is 2.80. The summed E-state index contributed by atoms with van der Waals surface area (Å²) in [7, 11) is 1.61. The van der Waals surface area contributed by atoms with Crippen LogP contribution in [-0.4, -0.2) is 37.4 Å². The first-order chi connectivity index (χ1) is 13.7. The van der Waals surface area contributed by atoms with Gasteiger partial charge in [-0.2, -0.15) is 5.10 Å². The second-order valence-electron chi connectivity index (χ2n) is 6.09. The molecule has 28 heavy (non-hydrogen) atoms. The molecule has 8 nitrogen and oxygen atoms in total. The van der Waals surface area contributed by atoms with Gasteiger partial charge in [0.15, 0.2) is 17.5 Å². The number of nitrogens with one attached hydrogen (secondary N) is 1. The number of hydrogen-bond acceptors (Lipinski definition) is 7. The lowest BCUT2D eigenvalue weighted by molar-refractivity contribution is 0.282. The first-order valence-electron chi connectivity index (χ1n) is 8.58. The van der Waals surface area contributed by atoms with Crippen LogP contribution < -0.4 is 10.5 Å². The first kappa shape index (κ1) is 17.6. The number of ether oxygens (including phenoxy) is 1. The largest absolute Gasteiger partial charge is 0.497 e. The summed E-state index contributed by atoms with van der Waals surface area (Å²) in [6, 6.07) is 14.9. The van der Waals surface area contributed by atoms with E-state index in [0.717, 1.165) is 16.7 Å². The van der Waals surface area contributed by atoms with Crippen LogP contribution in [0.2, 0.25) is 0 Å². The molecule has 0 amide bonds. The fourth-order valence-electron chi connectivity index (χ4n) is 2.80. The topological polar surface area (TPSA) is 123 Å². The van der Waals surface area contributed by atoms with Crippen LogP contribution >= 0.6 is 0 Å². The number of aliphatic hydroxyl groups excluding tert-OH is 1. The third kappa shape index (κ3) is 3.40. The van der Waals surface area contributed by atoms with E-state index in [9.17, 15) is 5.11 Å². The van der Waals surface area contributed by atoms with Crippen molar-refractivity contribution in [2.45, 2.75) is 6.61 Å². The van der Waals surface area contributed by atoms with E-state index in [0.29, 0.717) is 28.8 Å². The molecule has 0 spiro atoms. The molecule has 0 atom stereocenters. The minimum absolute atomic E-state index is 0.0465. The highest BCUT2D eigenvalue weighted by Crippen LogP contribution is 2.27. The van der Waals surface area contributed by atoms with Gasteiger partial charge in [0.25, 0.3) is 0 Å². The third-order valence-electron chi connectivity index (χ3n) is 4.24. The SMILES string of the molecule is COc1cccc(-c2n[nH]c(-c3nc(-c4cccc(CO)c4)cnc3N)n2)c1. The minimum atomic E-state index is -0.0465. The number of methoxy groups -OCH3 is 1. The summed E-state index contributed by atoms with van der Waals surface area (Å²) in [5, 5.41) is 16.5. The molecule has 8 heteroatoms. The van der Waals surface area contributed by atoms with Crippen molar-refractivity contribution in [1.29, 1.82) is 0 Å². The molecule has 4 rings (SSSR count). The van der Waals surface area contributed by atoms with E-state index in [-0.39, 0.29) is 12.4 Å². The standard InChI is InChI=1S/C20H18N6O2/c1-28-15-7-3-6-14(9-15)19-24-20(26-25-19)17-18(21)22-10-16(23-17)13-5-2-4-12(8-13)11-27/h2-10,27H,11H2,1H3,(H2,21,22)(H,24,25,26). The van der Waals surface area contributed by atoms with Gasteiger partial charge in [0, 0.05) is 11.1 Å². The van der Waals surface area contributed by atoms with Gasteiger partial charge in [0.1, 0.15) is 11.4 Å². The number of nitrogens with two attached hydrogens (primary N) is 1. The molecule has 2 aromatic heterocycles. The van der Waals surface area contributed by atoms with Gasteiger partial charge in [-0.05, 0) is 23.8 Å². The summed E-state index contributed by atoms with van der Waals surface area (Å²) in [6.45, 7) is -0.0465. The Morgan fingerprint density at radius 1 is 1.07 bits per heavy atom. The maximum atomic E-state index is 9.35. The van der Waals surface area contributed by atoms with Gasteiger partial charge in [-0.25, -0.2) is 15.0 Å². The van der Waals surface area contributed by atoms with Gasteiger partial charge >= 0.3 is 0 Å². The Morgan fingerprint density at radius 3 is 2.71 bits per heavy atom. The van der Waals surface area contributed by atoms with Gasteiger partial charge < -0.3 is 15.6 Å². The fraction of sp³-hybridized carbons (Fsp3) is 0.100. The molecule has 0 saturated heterocycles. The zero-order valence-corrected chi connectivity index (χ0v) is 15.1. The highest BCUT2D eigenvalue weighted by atomic mass is 16.5. The molecule has 2 heterocycles. The van der Waals surface area contributed by atoms with E-state index in [2.05, 4.69) is 25.1 Å². The quantitative estimate of drug-likeness (QED) is 0.491. The van der Waals surface area contributed by atoms with Crippen LogP contribution in [0.5, 0.6) is 5.75 Å². The molecule has 2 aromatic carbocycles. The molecule has 140 valence electrons. The van der Waals surface area contributed by atoms with E-state index in [1.165, 1.54) is 0 Å². The number of hydrogen-bond donors (Lipinski definition) is 3. The van der Waals surface area contributed by atoms with Crippen molar-refractivity contribution in [1.82, 2.24) is 25.1 Å². The average molecular weight is 374 g/mol. The van der Waals surface area contributed by atoms with Crippen molar-refractivity contribution in [2.75, 3.05) is 12.8 Å². The van der Waals surface area contributed by atoms with Crippen LogP contribution in [0, 0.1) is 0 Å². The molecule has 0 radical (unpaired) electrons. The zero-order valence-electron chi connectivity index (χ0n) is 15.1. The Labute approximate surface area is 161 Å². The van der Waals surface area contributed by atoms with E-state index >= 15 is 0 Å². The lowest BCUT2D eigenvalue weighted by Crippen LogP contribution is -2.00. The van der Waals surface area contributed by atoms with Crippen molar-refractivity contribution >= 4 is 5.82 Å². The summed E-state index contributed by atoms with van der Waals surface area (Å²) in [5.41, 5.74) is 9.48. The van der Waals surface area contributed by atoms with Gasteiger partial charge in [-0.3, -0.25) is 5.10 Å². The Hall–Kier alpha value is -3.78. The third-order valence-corrected chi connectivity index (χ3v) is 4.24. The number of H-pyrrole nitrogens is 1. The average Bonchev–Trinajstić information content (AvgIpc) is 3.24. The van der Waals surface area contributed by atoms with Gasteiger partial charge in [-0.1, -0.05) is 30.3 Å². The summed E-state index contributed by atoms with van der Waals surface area (Å²) >= 11 is 0. The maximum Gasteiger partial charge on any atom is 0.181 e. The molecule has 4 aromatic rings. The van der Waals surface area contributed by atoms with Crippen molar-refractivity contribution < 1.29 is 9.84 Å². The number of aliphatic hydroxyl groups is 1. The van der Waals surface area contributed by atoms with Crippen LogP contribution in [0.3, 0.4) is 0 Å². The number of nitrogen functional groups attached to an aromatic ring is 1. The summed E-state index contributed by atoms with van der Waals surface area (Å²) < 4.78 is 5.24. The lowest BCUT2D eigenvalue weighted by Gasteiger charge is -2.06. The van der Waals surface area contributed by atoms with Crippen molar-refractivity contribution in [2.24, 2.45) is 0 Å². The Balaban J connectivity index is 1.72. The Bertz CT molecular complexity index is 1130. The molecular weight excluding hydrogens is 356 g/mol. The van der Waals surface area contributed by atoms with Crippen LogP contribution in [0.25, 0.3) is 34.2 Å². The second kappa shape index (κ2) is 7.45. The van der Waals surface area contributed by atoms with Crippen LogP contribution in [0.1, 0.15) is 5.56 Å². The summed E-state index contributed by atoms with van der Waals surface area (Å²) in [4.78, 5) is 13.4. The number of rotatable bonds is 5. The smallest absolute Gasteiger partial charge is 0.181 e. The van der Waals surface area contributed by atoms with Crippen LogP contribution in [0.15, 0.2) is 54.7 Å². The molecule has 0 aliphatic rings. The number of aromatic nitrogens is 5. The van der Waals surface area contributed by atoms with E-state index in [4.69, 9.17) is 10.5 Å². The molecule has 0 aliphatic heterocycles. The molecule has 0 saturated carbocycles. The number of aromatic amines is 1.